The van der Waals surface area contributed by atoms with Crippen LogP contribution in [0, 0.1) is 10.8 Å². The first-order chi connectivity index (χ1) is 14.9. The van der Waals surface area contributed by atoms with Gasteiger partial charge in [0, 0.05) is 39.0 Å². The van der Waals surface area contributed by atoms with E-state index < -0.39 is 0 Å². The molecular formula is C26H52O6Zr. The standard InChI is InChI=1S/2C13H26O3.Zr/c2*1-5-11-15-16-12(14)9-7-6-8-10-13(2,3)4;/h2*5-11H2,1-4H3;. The maximum atomic E-state index is 11.1. The molecule has 0 unspecified atom stereocenters. The summed E-state index contributed by atoms with van der Waals surface area (Å²) >= 11 is 0. The second-order valence-corrected chi connectivity index (χ2v) is 10.8. The molecule has 7 heteroatoms. The van der Waals surface area contributed by atoms with Crippen molar-refractivity contribution in [1.82, 2.24) is 0 Å². The summed E-state index contributed by atoms with van der Waals surface area (Å²) in [6.07, 6.45) is 11.4. The van der Waals surface area contributed by atoms with Crippen molar-refractivity contribution in [2.75, 3.05) is 13.2 Å². The molecule has 6 nitrogen and oxygen atoms in total. The van der Waals surface area contributed by atoms with Crippen LogP contribution in [0.3, 0.4) is 0 Å². The fourth-order valence-corrected chi connectivity index (χ4v) is 2.67. The summed E-state index contributed by atoms with van der Waals surface area (Å²) in [7, 11) is 0. The normalized spacial score (nSPS) is 11.2. The molecule has 0 aromatic carbocycles. The maximum absolute atomic E-state index is 11.1. The smallest absolute Gasteiger partial charge is 0.298 e. The topological polar surface area (TPSA) is 71.1 Å². The molecule has 33 heavy (non-hydrogen) atoms. The minimum atomic E-state index is -0.246. The molecule has 0 heterocycles. The Kier molecular flexibility index (Phi) is 26.5. The van der Waals surface area contributed by atoms with Gasteiger partial charge in [0.15, 0.2) is 0 Å². The van der Waals surface area contributed by atoms with Gasteiger partial charge in [0.05, 0.1) is 13.2 Å². The number of hydrogen-bond donors (Lipinski definition) is 0. The molecule has 0 saturated carbocycles. The van der Waals surface area contributed by atoms with Crippen molar-refractivity contribution in [3.63, 3.8) is 0 Å². The summed E-state index contributed by atoms with van der Waals surface area (Å²) in [6, 6.07) is 0. The van der Waals surface area contributed by atoms with Gasteiger partial charge in [0.2, 0.25) is 0 Å². The van der Waals surface area contributed by atoms with Gasteiger partial charge in [-0.05, 0) is 49.4 Å². The van der Waals surface area contributed by atoms with Gasteiger partial charge in [-0.15, -0.1) is 0 Å². The van der Waals surface area contributed by atoms with Crippen molar-refractivity contribution >= 4 is 11.9 Å². The van der Waals surface area contributed by atoms with Gasteiger partial charge in [-0.1, -0.05) is 81.1 Å². The van der Waals surface area contributed by atoms with Gasteiger partial charge in [0.1, 0.15) is 0 Å². The zero-order valence-electron chi connectivity index (χ0n) is 22.8. The summed E-state index contributed by atoms with van der Waals surface area (Å²) in [4.78, 5) is 40.9. The monoisotopic (exact) mass is 550 g/mol. The average molecular weight is 552 g/mol. The van der Waals surface area contributed by atoms with Crippen LogP contribution in [0.15, 0.2) is 0 Å². The molecule has 0 atom stereocenters. The summed E-state index contributed by atoms with van der Waals surface area (Å²) in [6.45, 7) is 18.3. The van der Waals surface area contributed by atoms with E-state index in [4.69, 9.17) is 9.78 Å². The first kappa shape index (κ1) is 37.3. The van der Waals surface area contributed by atoms with Gasteiger partial charge in [-0.3, -0.25) is 9.78 Å². The maximum Gasteiger partial charge on any atom is 0.342 e. The van der Waals surface area contributed by atoms with E-state index in [2.05, 4.69) is 51.3 Å². The zero-order valence-corrected chi connectivity index (χ0v) is 25.3. The molecule has 0 aromatic rings. The largest absolute Gasteiger partial charge is 0.342 e. The Bertz CT molecular complexity index is 413. The van der Waals surface area contributed by atoms with E-state index in [1.807, 2.05) is 13.8 Å². The quantitative estimate of drug-likeness (QED) is 0.111. The Morgan fingerprint density at radius 3 is 1.18 bits per heavy atom. The molecule has 0 fully saturated rings. The molecule has 0 rings (SSSR count). The molecule has 0 saturated heterocycles. The molecule has 0 radical (unpaired) electrons. The summed E-state index contributed by atoms with van der Waals surface area (Å²) < 4.78 is 0. The fourth-order valence-electron chi connectivity index (χ4n) is 2.67. The SMILES string of the molecule is CCCOOC(=O)CCCCCC(C)(C)C.CCCOOC(=O)CCCCCC(C)(C)C.[Zr]. The minimum Gasteiger partial charge on any atom is -0.298 e. The van der Waals surface area contributed by atoms with Crippen LogP contribution in [0.1, 0.15) is 132 Å². The van der Waals surface area contributed by atoms with Gasteiger partial charge in [-0.25, -0.2) is 9.59 Å². The van der Waals surface area contributed by atoms with E-state index in [-0.39, 0.29) is 38.1 Å². The molecule has 0 amide bonds. The second-order valence-electron chi connectivity index (χ2n) is 10.8. The van der Waals surface area contributed by atoms with Crippen molar-refractivity contribution in [3.8, 4) is 0 Å². The molecule has 0 bridgehead atoms. The third kappa shape index (κ3) is 36.5. The van der Waals surface area contributed by atoms with Crippen molar-refractivity contribution < 1.29 is 55.3 Å². The van der Waals surface area contributed by atoms with Gasteiger partial charge >= 0.3 is 11.9 Å². The van der Waals surface area contributed by atoms with E-state index in [9.17, 15) is 9.59 Å². The fraction of sp³-hybridized carbons (Fsp3) is 0.923. The summed E-state index contributed by atoms with van der Waals surface area (Å²) in [5.74, 6) is -0.492. The van der Waals surface area contributed by atoms with E-state index >= 15 is 0 Å². The number of unbranched alkanes of at least 4 members (excludes halogenated alkanes) is 4. The number of carbonyl (C=O) groups excluding carboxylic acids is 2. The predicted molar refractivity (Wildman–Crippen MR) is 130 cm³/mol. The third-order valence-corrected chi connectivity index (χ3v) is 4.49. The van der Waals surface area contributed by atoms with E-state index in [0.29, 0.717) is 36.9 Å². The number of carbonyl (C=O) groups is 2. The van der Waals surface area contributed by atoms with Crippen LogP contribution in [0.4, 0.5) is 0 Å². The van der Waals surface area contributed by atoms with Gasteiger partial charge in [0.25, 0.3) is 0 Å². The number of rotatable bonds is 16. The Balaban J connectivity index is -0.000000529. The average Bonchev–Trinajstić information content (AvgIpc) is 2.66. The molecule has 0 aromatic heterocycles. The van der Waals surface area contributed by atoms with Crippen molar-refractivity contribution in [1.29, 1.82) is 0 Å². The second kappa shape index (κ2) is 23.5. The van der Waals surface area contributed by atoms with Crippen molar-refractivity contribution in [3.05, 3.63) is 0 Å². The zero-order chi connectivity index (χ0) is 24.9. The van der Waals surface area contributed by atoms with Crippen LogP contribution in [0.5, 0.6) is 0 Å². The molecule has 0 spiro atoms. The van der Waals surface area contributed by atoms with Crippen LogP contribution in [-0.2, 0) is 55.3 Å². The van der Waals surface area contributed by atoms with Gasteiger partial charge in [-0.2, -0.15) is 9.78 Å². The summed E-state index contributed by atoms with van der Waals surface area (Å²) in [5, 5.41) is 0. The molecule has 0 aliphatic heterocycles. The molecule has 0 N–H and O–H groups in total. The van der Waals surface area contributed by atoms with E-state index in [0.717, 1.165) is 38.5 Å². The Labute approximate surface area is 223 Å². The van der Waals surface area contributed by atoms with Crippen LogP contribution >= 0.6 is 0 Å². The van der Waals surface area contributed by atoms with Crippen molar-refractivity contribution in [2.45, 2.75) is 132 Å². The van der Waals surface area contributed by atoms with Crippen LogP contribution < -0.4 is 0 Å². The third-order valence-electron chi connectivity index (χ3n) is 4.49. The van der Waals surface area contributed by atoms with Crippen LogP contribution in [0.2, 0.25) is 0 Å². The molecule has 0 aliphatic rings. The first-order valence-electron chi connectivity index (χ1n) is 12.6. The van der Waals surface area contributed by atoms with E-state index in [1.54, 1.807) is 0 Å². The Morgan fingerprint density at radius 2 is 0.909 bits per heavy atom. The molecular weight excluding hydrogens is 500 g/mol. The van der Waals surface area contributed by atoms with Crippen LogP contribution in [0.25, 0.3) is 0 Å². The van der Waals surface area contributed by atoms with E-state index in [1.165, 1.54) is 25.7 Å². The molecule has 0 aliphatic carbocycles. The first-order valence-corrected chi connectivity index (χ1v) is 12.6. The minimum absolute atomic E-state index is 0. The predicted octanol–water partition coefficient (Wildman–Crippen LogP) is 7.73. The number of hydrogen-bond acceptors (Lipinski definition) is 6. The van der Waals surface area contributed by atoms with Crippen molar-refractivity contribution in [2.24, 2.45) is 10.8 Å². The van der Waals surface area contributed by atoms with Crippen LogP contribution in [-0.4, -0.2) is 25.2 Å². The Morgan fingerprint density at radius 1 is 0.576 bits per heavy atom. The summed E-state index contributed by atoms with van der Waals surface area (Å²) in [5.41, 5.74) is 0.787. The van der Waals surface area contributed by atoms with Gasteiger partial charge < -0.3 is 0 Å². The Hall–Kier alpha value is -0.257. The molecule has 196 valence electrons.